The van der Waals surface area contributed by atoms with E-state index in [0.717, 1.165) is 40.7 Å². The van der Waals surface area contributed by atoms with Gasteiger partial charge in [-0.2, -0.15) is 0 Å². The molecule has 25 heavy (non-hydrogen) atoms. The number of aliphatic imine (C=N–C) groups is 1. The second-order valence-corrected chi connectivity index (χ2v) is 8.64. The van der Waals surface area contributed by atoms with Gasteiger partial charge in [-0.05, 0) is 44.5 Å². The Labute approximate surface area is 153 Å². The summed E-state index contributed by atoms with van der Waals surface area (Å²) in [4.78, 5) is 18.0. The predicted molar refractivity (Wildman–Crippen MR) is 103 cm³/mol. The summed E-state index contributed by atoms with van der Waals surface area (Å²) in [6.07, 6.45) is 1.02. The SMILES string of the molecule is CC1=NC(C)(c2sc3c(c2-c2nc4ccccc4s2)CCNC3)ON1. The molecule has 2 aliphatic rings. The van der Waals surface area contributed by atoms with Crippen LogP contribution < -0.4 is 10.8 Å². The van der Waals surface area contributed by atoms with Gasteiger partial charge in [0.25, 0.3) is 0 Å². The molecular formula is C18H18N4OS2. The Morgan fingerprint density at radius 1 is 1.24 bits per heavy atom. The summed E-state index contributed by atoms with van der Waals surface area (Å²) in [6.45, 7) is 5.86. The largest absolute Gasteiger partial charge is 0.312 e. The number of hydroxylamine groups is 1. The molecule has 0 spiro atoms. The van der Waals surface area contributed by atoms with E-state index >= 15 is 0 Å². The molecule has 0 aliphatic carbocycles. The maximum absolute atomic E-state index is 5.87. The van der Waals surface area contributed by atoms with E-state index < -0.39 is 5.72 Å². The molecular weight excluding hydrogens is 352 g/mol. The number of nitrogens with one attached hydrogen (secondary N) is 2. The fraction of sp³-hybridized carbons (Fsp3) is 0.333. The Bertz CT molecular complexity index is 973. The molecule has 0 radical (unpaired) electrons. The first-order valence-electron chi connectivity index (χ1n) is 8.36. The highest BCUT2D eigenvalue weighted by atomic mass is 32.1. The molecule has 0 saturated heterocycles. The van der Waals surface area contributed by atoms with Gasteiger partial charge in [-0.15, -0.1) is 22.7 Å². The highest BCUT2D eigenvalue weighted by Gasteiger charge is 2.39. The summed E-state index contributed by atoms with van der Waals surface area (Å²) in [5.41, 5.74) is 5.91. The van der Waals surface area contributed by atoms with Gasteiger partial charge in [0.2, 0.25) is 5.72 Å². The van der Waals surface area contributed by atoms with E-state index in [1.165, 1.54) is 20.7 Å². The first-order valence-corrected chi connectivity index (χ1v) is 9.99. The van der Waals surface area contributed by atoms with Crippen LogP contribution in [0.25, 0.3) is 20.8 Å². The van der Waals surface area contributed by atoms with Gasteiger partial charge in [0, 0.05) is 17.0 Å². The van der Waals surface area contributed by atoms with Gasteiger partial charge in [0.1, 0.15) is 10.8 Å². The van der Waals surface area contributed by atoms with E-state index in [-0.39, 0.29) is 0 Å². The first-order chi connectivity index (χ1) is 12.1. The third-order valence-electron chi connectivity index (χ3n) is 4.64. The number of thiazole rings is 1. The second-order valence-electron chi connectivity index (χ2n) is 6.51. The summed E-state index contributed by atoms with van der Waals surface area (Å²) in [6, 6.07) is 8.32. The number of para-hydroxylation sites is 1. The fourth-order valence-corrected chi connectivity index (χ4v) is 5.96. The smallest absolute Gasteiger partial charge is 0.219 e. The third kappa shape index (κ3) is 2.42. The molecule has 128 valence electrons. The highest BCUT2D eigenvalue weighted by Crippen LogP contribution is 2.47. The number of aromatic nitrogens is 1. The number of fused-ring (bicyclic) bond motifs is 2. The van der Waals surface area contributed by atoms with Gasteiger partial charge in [-0.3, -0.25) is 5.48 Å². The Morgan fingerprint density at radius 2 is 2.12 bits per heavy atom. The number of benzene rings is 1. The molecule has 2 aromatic heterocycles. The molecule has 4 heterocycles. The molecule has 3 aromatic rings. The first kappa shape index (κ1) is 15.5. The van der Waals surface area contributed by atoms with Crippen molar-refractivity contribution in [3.05, 3.63) is 39.6 Å². The maximum Gasteiger partial charge on any atom is 0.219 e. The maximum atomic E-state index is 5.87. The van der Waals surface area contributed by atoms with E-state index in [0.29, 0.717) is 0 Å². The number of hydrogen-bond acceptors (Lipinski definition) is 7. The van der Waals surface area contributed by atoms with Gasteiger partial charge >= 0.3 is 0 Å². The Morgan fingerprint density at radius 3 is 2.92 bits per heavy atom. The summed E-state index contributed by atoms with van der Waals surface area (Å²) in [5, 5.41) is 4.54. The monoisotopic (exact) mass is 370 g/mol. The Hall–Kier alpha value is -1.80. The molecule has 1 unspecified atom stereocenters. The Kier molecular flexibility index (Phi) is 3.46. The number of thiophene rings is 1. The predicted octanol–water partition coefficient (Wildman–Crippen LogP) is 3.80. The van der Waals surface area contributed by atoms with Crippen molar-refractivity contribution in [1.29, 1.82) is 0 Å². The van der Waals surface area contributed by atoms with Crippen molar-refractivity contribution in [3.63, 3.8) is 0 Å². The number of rotatable bonds is 2. The van der Waals surface area contributed by atoms with Gasteiger partial charge in [-0.25, -0.2) is 14.8 Å². The average Bonchev–Trinajstić information content (AvgIpc) is 3.29. The van der Waals surface area contributed by atoms with Gasteiger partial charge in [-0.1, -0.05) is 12.1 Å². The molecule has 1 aromatic carbocycles. The van der Waals surface area contributed by atoms with E-state index in [1.807, 2.05) is 19.9 Å². The summed E-state index contributed by atoms with van der Waals surface area (Å²) in [7, 11) is 0. The lowest BCUT2D eigenvalue weighted by Crippen LogP contribution is -2.24. The number of amidine groups is 1. The van der Waals surface area contributed by atoms with E-state index in [2.05, 4.69) is 29.0 Å². The molecule has 0 bridgehead atoms. The summed E-state index contributed by atoms with van der Waals surface area (Å²) >= 11 is 3.55. The molecule has 0 fully saturated rings. The molecule has 5 rings (SSSR count). The zero-order valence-electron chi connectivity index (χ0n) is 14.0. The van der Waals surface area contributed by atoms with Crippen LogP contribution >= 0.6 is 22.7 Å². The van der Waals surface area contributed by atoms with Crippen molar-refractivity contribution in [2.75, 3.05) is 6.54 Å². The summed E-state index contributed by atoms with van der Waals surface area (Å²) < 4.78 is 1.22. The standard InChI is InChI=1S/C18H18N4OS2/c1-10-21-18(2,23-22-10)16-15(11-7-8-19-9-14(11)24-16)17-20-12-5-3-4-6-13(12)25-17/h3-6,19H,7-9H2,1-2H3,(H,21,22). The van der Waals surface area contributed by atoms with Crippen LogP contribution in [0.5, 0.6) is 0 Å². The van der Waals surface area contributed by atoms with Crippen LogP contribution in [0, 0.1) is 0 Å². The lowest BCUT2D eigenvalue weighted by molar-refractivity contribution is -0.0426. The van der Waals surface area contributed by atoms with Crippen LogP contribution in [0.1, 0.15) is 29.2 Å². The third-order valence-corrected chi connectivity index (χ3v) is 7.11. The van der Waals surface area contributed by atoms with Crippen molar-refractivity contribution in [2.24, 2.45) is 4.99 Å². The van der Waals surface area contributed by atoms with Crippen LogP contribution in [0.2, 0.25) is 0 Å². The van der Waals surface area contributed by atoms with Crippen molar-refractivity contribution >= 4 is 38.7 Å². The van der Waals surface area contributed by atoms with E-state index in [4.69, 9.17) is 14.8 Å². The van der Waals surface area contributed by atoms with E-state index in [9.17, 15) is 0 Å². The number of nitrogens with zero attached hydrogens (tertiary/aromatic N) is 2. The van der Waals surface area contributed by atoms with Crippen molar-refractivity contribution in [3.8, 4) is 10.6 Å². The van der Waals surface area contributed by atoms with Crippen molar-refractivity contribution < 1.29 is 4.84 Å². The molecule has 0 saturated carbocycles. The van der Waals surface area contributed by atoms with Crippen molar-refractivity contribution in [2.45, 2.75) is 32.5 Å². The average molecular weight is 371 g/mol. The van der Waals surface area contributed by atoms with E-state index in [1.54, 1.807) is 22.7 Å². The van der Waals surface area contributed by atoms with Crippen LogP contribution in [0.3, 0.4) is 0 Å². The molecule has 2 aliphatic heterocycles. The van der Waals surface area contributed by atoms with Crippen LogP contribution in [0.15, 0.2) is 29.3 Å². The van der Waals surface area contributed by atoms with Crippen LogP contribution in [-0.2, 0) is 23.5 Å². The zero-order chi connectivity index (χ0) is 17.0. The highest BCUT2D eigenvalue weighted by molar-refractivity contribution is 7.22. The minimum atomic E-state index is -0.695. The fourth-order valence-electron chi connectivity index (χ4n) is 3.50. The topological polar surface area (TPSA) is 58.5 Å². The minimum absolute atomic E-state index is 0.695. The quantitative estimate of drug-likeness (QED) is 0.720. The van der Waals surface area contributed by atoms with Crippen LogP contribution in [-0.4, -0.2) is 17.4 Å². The lowest BCUT2D eigenvalue weighted by Gasteiger charge is -2.19. The minimum Gasteiger partial charge on any atom is -0.312 e. The Balaban J connectivity index is 1.76. The zero-order valence-corrected chi connectivity index (χ0v) is 15.7. The van der Waals surface area contributed by atoms with Gasteiger partial charge in [0.15, 0.2) is 0 Å². The molecule has 0 amide bonds. The second kappa shape index (κ2) is 5.60. The number of hydrogen-bond donors (Lipinski definition) is 2. The molecule has 1 atom stereocenters. The normalized spacial score (nSPS) is 22.7. The molecule has 5 nitrogen and oxygen atoms in total. The van der Waals surface area contributed by atoms with Crippen LogP contribution in [0.4, 0.5) is 0 Å². The molecule has 2 N–H and O–H groups in total. The van der Waals surface area contributed by atoms with Gasteiger partial charge < -0.3 is 5.32 Å². The lowest BCUT2D eigenvalue weighted by atomic mass is 10.00. The molecule has 7 heteroatoms. The summed E-state index contributed by atoms with van der Waals surface area (Å²) in [5.74, 6) is 0.808. The van der Waals surface area contributed by atoms with Gasteiger partial charge in [0.05, 0.1) is 15.1 Å². The van der Waals surface area contributed by atoms with Crippen molar-refractivity contribution in [1.82, 2.24) is 15.8 Å².